The van der Waals surface area contributed by atoms with Crippen LogP contribution < -0.4 is 10.5 Å². The Morgan fingerprint density at radius 2 is 1.96 bits per heavy atom. The first kappa shape index (κ1) is 17.5. The van der Waals surface area contributed by atoms with Crippen LogP contribution in [0.2, 0.25) is 5.02 Å². The van der Waals surface area contributed by atoms with E-state index in [1.807, 2.05) is 0 Å². The third-order valence-corrected chi connectivity index (χ3v) is 6.06. The van der Waals surface area contributed by atoms with Gasteiger partial charge in [-0.05, 0) is 31.0 Å². The van der Waals surface area contributed by atoms with Crippen molar-refractivity contribution in [3.05, 3.63) is 23.2 Å². The molecule has 1 heterocycles. The van der Waals surface area contributed by atoms with E-state index < -0.39 is 10.0 Å². The third kappa shape index (κ3) is 3.37. The largest absolute Gasteiger partial charge is 0.381 e. The van der Waals surface area contributed by atoms with Gasteiger partial charge in [0.1, 0.15) is 0 Å². The lowest BCUT2D eigenvalue weighted by Crippen LogP contribution is -2.49. The molecule has 1 saturated heterocycles. The van der Waals surface area contributed by atoms with E-state index in [0.29, 0.717) is 24.9 Å². The van der Waals surface area contributed by atoms with Crippen molar-refractivity contribution in [3.63, 3.8) is 0 Å². The number of fused-ring (bicyclic) bond motifs is 2. The number of benzene rings is 1. The van der Waals surface area contributed by atoms with Crippen molar-refractivity contribution in [2.24, 2.45) is 17.0 Å². The molecule has 1 saturated carbocycles. The van der Waals surface area contributed by atoms with Crippen molar-refractivity contribution in [1.82, 2.24) is 4.90 Å². The Balaban J connectivity index is 1.74. The van der Waals surface area contributed by atoms with Gasteiger partial charge in [-0.15, -0.1) is 0 Å². The van der Waals surface area contributed by atoms with Gasteiger partial charge in [-0.3, -0.25) is 0 Å². The topological polar surface area (TPSA) is 102 Å². The molecule has 1 unspecified atom stereocenters. The minimum atomic E-state index is -3.86. The fraction of sp³-hybridized carbons (Fsp3) is 0.533. The highest BCUT2D eigenvalue weighted by Gasteiger charge is 2.43. The summed E-state index contributed by atoms with van der Waals surface area (Å²) in [7, 11) is -2.15. The number of halogens is 1. The van der Waals surface area contributed by atoms with E-state index in [1.165, 1.54) is 18.2 Å². The minimum absolute atomic E-state index is 0.0969. The van der Waals surface area contributed by atoms with E-state index >= 15 is 0 Å². The number of likely N-dealkylation sites (tertiary alicyclic amines) is 1. The molecule has 2 amide bonds. The highest BCUT2D eigenvalue weighted by Crippen LogP contribution is 2.38. The molecule has 2 bridgehead atoms. The Labute approximate surface area is 146 Å². The highest BCUT2D eigenvalue weighted by molar-refractivity contribution is 7.89. The molecule has 9 heteroatoms. The van der Waals surface area contributed by atoms with Gasteiger partial charge >= 0.3 is 6.03 Å². The van der Waals surface area contributed by atoms with Crippen molar-refractivity contribution >= 4 is 33.3 Å². The lowest BCUT2D eigenvalue weighted by atomic mass is 9.95. The van der Waals surface area contributed by atoms with Crippen molar-refractivity contribution in [3.8, 4) is 0 Å². The number of nitrogens with two attached hydrogens (primary N) is 1. The number of hydrogen-bond acceptors (Lipinski definition) is 4. The molecule has 0 aromatic heterocycles. The zero-order chi connectivity index (χ0) is 17.5. The Bertz CT molecular complexity index is 741. The number of carbonyl (C=O) groups is 1. The summed E-state index contributed by atoms with van der Waals surface area (Å²) >= 11 is 6.06. The van der Waals surface area contributed by atoms with Gasteiger partial charge in [0.25, 0.3) is 0 Å². The fourth-order valence-electron chi connectivity index (χ4n) is 3.69. The predicted octanol–water partition coefficient (Wildman–Crippen LogP) is 1.88. The molecule has 0 radical (unpaired) electrons. The van der Waals surface area contributed by atoms with Crippen LogP contribution in [0.3, 0.4) is 0 Å². The average Bonchev–Trinajstić information content (AvgIpc) is 2.76. The summed E-state index contributed by atoms with van der Waals surface area (Å²) in [6.45, 7) is 1.24. The minimum Gasteiger partial charge on any atom is -0.381 e. The molecule has 1 aliphatic heterocycles. The number of methoxy groups -OCH3 is 1. The molecule has 24 heavy (non-hydrogen) atoms. The van der Waals surface area contributed by atoms with Gasteiger partial charge in [0.15, 0.2) is 0 Å². The molecule has 0 spiro atoms. The second-order valence-corrected chi connectivity index (χ2v) is 8.29. The predicted molar refractivity (Wildman–Crippen MR) is 90.4 cm³/mol. The van der Waals surface area contributed by atoms with Gasteiger partial charge in [-0.2, -0.15) is 0 Å². The van der Waals surface area contributed by atoms with Gasteiger partial charge in [-0.1, -0.05) is 11.6 Å². The van der Waals surface area contributed by atoms with Crippen LogP contribution in [0.5, 0.6) is 0 Å². The van der Waals surface area contributed by atoms with Gasteiger partial charge in [0.2, 0.25) is 10.0 Å². The van der Waals surface area contributed by atoms with E-state index in [-0.39, 0.29) is 27.7 Å². The maximum Gasteiger partial charge on any atom is 0.321 e. The number of hydrogen-bond donors (Lipinski definition) is 2. The Kier molecular flexibility index (Phi) is 4.74. The Morgan fingerprint density at radius 3 is 2.50 bits per heavy atom. The zero-order valence-corrected chi connectivity index (χ0v) is 14.8. The average molecular weight is 374 g/mol. The molecule has 3 rings (SSSR count). The summed E-state index contributed by atoms with van der Waals surface area (Å²) in [5.74, 6) is 0.677. The number of sulfonamides is 1. The van der Waals surface area contributed by atoms with E-state index in [1.54, 1.807) is 12.0 Å². The molecule has 1 aromatic rings. The van der Waals surface area contributed by atoms with E-state index in [4.69, 9.17) is 21.5 Å². The number of urea groups is 1. The number of piperidine rings is 1. The maximum absolute atomic E-state index is 12.5. The number of primary sulfonamides is 1. The molecule has 3 N–H and O–H groups in total. The van der Waals surface area contributed by atoms with Crippen LogP contribution in [0, 0.1) is 11.8 Å². The molecule has 1 aromatic carbocycles. The summed E-state index contributed by atoms with van der Waals surface area (Å²) in [4.78, 5) is 14.2. The van der Waals surface area contributed by atoms with Crippen LogP contribution >= 0.6 is 11.6 Å². The summed E-state index contributed by atoms with van der Waals surface area (Å²) in [5.41, 5.74) is 0.231. The molecule has 132 valence electrons. The summed E-state index contributed by atoms with van der Waals surface area (Å²) in [6.07, 6.45) is 2.31. The second-order valence-electron chi connectivity index (χ2n) is 6.32. The second kappa shape index (κ2) is 6.51. The summed E-state index contributed by atoms with van der Waals surface area (Å²) < 4.78 is 28.4. The van der Waals surface area contributed by atoms with E-state index in [2.05, 4.69) is 5.32 Å². The van der Waals surface area contributed by atoms with Crippen molar-refractivity contribution in [1.29, 1.82) is 0 Å². The molecule has 2 fully saturated rings. The SMILES string of the molecule is COC1[C@@H]2CC[C@H]1CN(C(=O)Nc1cc(S(N)(=O)=O)ccc1Cl)C2. The van der Waals surface area contributed by atoms with Crippen LogP contribution in [-0.4, -0.2) is 45.7 Å². The standard InChI is InChI=1S/C15H20ClN3O4S/c1-23-14-9-2-3-10(14)8-19(7-9)15(20)18-13-6-11(24(17,21)22)4-5-12(13)16/h4-6,9-10,14H,2-3,7-8H2,1H3,(H,18,20)(H2,17,21,22)/t9-,10+,14?. The van der Waals surface area contributed by atoms with E-state index in [9.17, 15) is 13.2 Å². The lowest BCUT2D eigenvalue weighted by molar-refractivity contribution is -0.00364. The number of nitrogens with zero attached hydrogens (tertiary/aromatic N) is 1. The zero-order valence-electron chi connectivity index (χ0n) is 13.2. The van der Waals surface area contributed by atoms with Crippen LogP contribution in [0.1, 0.15) is 12.8 Å². The van der Waals surface area contributed by atoms with Gasteiger partial charge in [0, 0.05) is 32.0 Å². The monoisotopic (exact) mass is 373 g/mol. The first-order valence-corrected chi connectivity index (χ1v) is 9.63. The number of rotatable bonds is 3. The Hall–Kier alpha value is -1.35. The highest BCUT2D eigenvalue weighted by atomic mass is 35.5. The third-order valence-electron chi connectivity index (χ3n) is 4.81. The van der Waals surface area contributed by atoms with Gasteiger partial charge in [-0.25, -0.2) is 18.4 Å². The number of carbonyl (C=O) groups excluding carboxylic acids is 1. The van der Waals surface area contributed by atoms with Crippen LogP contribution in [0.15, 0.2) is 23.1 Å². The Morgan fingerprint density at radius 1 is 1.33 bits per heavy atom. The lowest BCUT2D eigenvalue weighted by Gasteiger charge is -2.37. The molecule has 7 nitrogen and oxygen atoms in total. The molecule has 1 aliphatic carbocycles. The van der Waals surface area contributed by atoms with Crippen LogP contribution in [-0.2, 0) is 14.8 Å². The van der Waals surface area contributed by atoms with Crippen LogP contribution in [0.4, 0.5) is 10.5 Å². The first-order valence-electron chi connectivity index (χ1n) is 7.70. The maximum atomic E-state index is 12.5. The van der Waals surface area contributed by atoms with Crippen molar-refractivity contribution in [2.75, 3.05) is 25.5 Å². The number of nitrogens with one attached hydrogen (secondary N) is 1. The van der Waals surface area contributed by atoms with Gasteiger partial charge < -0.3 is 15.0 Å². The molecular weight excluding hydrogens is 354 g/mol. The smallest absolute Gasteiger partial charge is 0.321 e. The summed E-state index contributed by atoms with van der Waals surface area (Å²) in [5, 5.41) is 8.06. The number of anilines is 1. The number of ether oxygens (including phenoxy) is 1. The van der Waals surface area contributed by atoms with Gasteiger partial charge in [0.05, 0.1) is 21.7 Å². The molecule has 2 aliphatic rings. The first-order chi connectivity index (χ1) is 11.3. The fourth-order valence-corrected chi connectivity index (χ4v) is 4.40. The van der Waals surface area contributed by atoms with E-state index in [0.717, 1.165) is 12.8 Å². The molecular formula is C15H20ClN3O4S. The quantitative estimate of drug-likeness (QED) is 0.844. The normalized spacial score (nSPS) is 26.5. The summed E-state index contributed by atoms with van der Waals surface area (Å²) in [6, 6.07) is 3.68. The van der Waals surface area contributed by atoms with Crippen molar-refractivity contribution in [2.45, 2.75) is 23.8 Å². The van der Waals surface area contributed by atoms with Crippen molar-refractivity contribution < 1.29 is 17.9 Å². The molecule has 3 atom stereocenters. The van der Waals surface area contributed by atoms with Crippen LogP contribution in [0.25, 0.3) is 0 Å². The number of amides is 2.